The Balaban J connectivity index is 1.85. The van der Waals surface area contributed by atoms with Gasteiger partial charge in [0.15, 0.2) is 0 Å². The van der Waals surface area contributed by atoms with E-state index in [2.05, 4.69) is 20.6 Å². The maximum atomic E-state index is 11.8. The highest BCUT2D eigenvalue weighted by molar-refractivity contribution is 5.82. The van der Waals surface area contributed by atoms with Crippen LogP contribution in [0.2, 0.25) is 0 Å². The van der Waals surface area contributed by atoms with Crippen LogP contribution in [0.3, 0.4) is 0 Å². The van der Waals surface area contributed by atoms with E-state index in [1.54, 1.807) is 11.9 Å². The second-order valence-corrected chi connectivity index (χ2v) is 6.93. The SMILES string of the molecule is CN1CCN(c2cc(NCCNC(=O)C(C)(C)C)ncn2)CC1=O. The fourth-order valence-electron chi connectivity index (χ4n) is 2.20. The smallest absolute Gasteiger partial charge is 0.241 e. The molecule has 0 radical (unpaired) electrons. The maximum absolute atomic E-state index is 11.8. The van der Waals surface area contributed by atoms with E-state index in [-0.39, 0.29) is 11.8 Å². The number of nitrogens with zero attached hydrogens (tertiary/aromatic N) is 4. The summed E-state index contributed by atoms with van der Waals surface area (Å²) in [5.74, 6) is 1.51. The van der Waals surface area contributed by atoms with E-state index >= 15 is 0 Å². The molecule has 1 aromatic rings. The van der Waals surface area contributed by atoms with E-state index in [1.165, 1.54) is 6.33 Å². The molecule has 1 saturated heterocycles. The highest BCUT2D eigenvalue weighted by Crippen LogP contribution is 2.16. The van der Waals surface area contributed by atoms with Gasteiger partial charge < -0.3 is 20.4 Å². The van der Waals surface area contributed by atoms with Crippen molar-refractivity contribution < 1.29 is 9.59 Å². The normalized spacial score (nSPS) is 15.4. The van der Waals surface area contributed by atoms with Gasteiger partial charge in [-0.05, 0) is 0 Å². The van der Waals surface area contributed by atoms with Crippen molar-refractivity contribution in [2.75, 3.05) is 50.0 Å². The zero-order chi connectivity index (χ0) is 17.7. The van der Waals surface area contributed by atoms with Crippen LogP contribution in [0.25, 0.3) is 0 Å². The number of amides is 2. The van der Waals surface area contributed by atoms with Gasteiger partial charge in [-0.15, -0.1) is 0 Å². The third-order valence-corrected chi connectivity index (χ3v) is 3.83. The lowest BCUT2D eigenvalue weighted by Crippen LogP contribution is -2.48. The molecule has 0 spiro atoms. The van der Waals surface area contributed by atoms with Crippen molar-refractivity contribution in [2.24, 2.45) is 5.41 Å². The average molecular weight is 334 g/mol. The Bertz CT molecular complexity index is 598. The molecule has 1 aliphatic rings. The highest BCUT2D eigenvalue weighted by Gasteiger charge is 2.22. The minimum absolute atomic E-state index is 0.0172. The third kappa shape index (κ3) is 4.81. The van der Waals surface area contributed by atoms with Crippen molar-refractivity contribution in [3.05, 3.63) is 12.4 Å². The molecule has 1 aliphatic heterocycles. The van der Waals surface area contributed by atoms with Crippen LogP contribution in [0.15, 0.2) is 12.4 Å². The van der Waals surface area contributed by atoms with Crippen molar-refractivity contribution in [1.82, 2.24) is 20.2 Å². The largest absolute Gasteiger partial charge is 0.368 e. The number of hydrogen-bond acceptors (Lipinski definition) is 6. The molecule has 2 rings (SSSR count). The standard InChI is InChI=1S/C16H26N6O2/c1-16(2,3)15(24)18-6-5-17-12-9-13(20-11-19-12)22-8-7-21(4)14(23)10-22/h9,11H,5-8,10H2,1-4H3,(H,18,24)(H,17,19,20). The molecule has 2 amide bonds. The summed E-state index contributed by atoms with van der Waals surface area (Å²) in [5.41, 5.74) is -0.393. The van der Waals surface area contributed by atoms with Gasteiger partial charge in [-0.3, -0.25) is 9.59 Å². The number of likely N-dealkylation sites (N-methyl/N-ethyl adjacent to an activating group) is 1. The lowest BCUT2D eigenvalue weighted by Gasteiger charge is -2.32. The van der Waals surface area contributed by atoms with Crippen LogP contribution >= 0.6 is 0 Å². The number of carbonyl (C=O) groups excluding carboxylic acids is 2. The number of hydrogen-bond donors (Lipinski definition) is 2. The molecule has 2 heterocycles. The van der Waals surface area contributed by atoms with Gasteiger partial charge in [0.1, 0.15) is 18.0 Å². The van der Waals surface area contributed by atoms with E-state index in [0.29, 0.717) is 32.0 Å². The number of nitrogens with one attached hydrogen (secondary N) is 2. The molecule has 24 heavy (non-hydrogen) atoms. The summed E-state index contributed by atoms with van der Waals surface area (Å²) < 4.78 is 0. The van der Waals surface area contributed by atoms with E-state index in [4.69, 9.17) is 0 Å². The fourth-order valence-corrected chi connectivity index (χ4v) is 2.20. The van der Waals surface area contributed by atoms with Crippen molar-refractivity contribution in [3.63, 3.8) is 0 Å². The predicted molar refractivity (Wildman–Crippen MR) is 92.8 cm³/mol. The van der Waals surface area contributed by atoms with Gasteiger partial charge in [0, 0.05) is 44.7 Å². The van der Waals surface area contributed by atoms with Crippen molar-refractivity contribution in [2.45, 2.75) is 20.8 Å². The number of carbonyl (C=O) groups is 2. The lowest BCUT2D eigenvalue weighted by molar-refractivity contribution is -0.129. The van der Waals surface area contributed by atoms with Crippen LogP contribution in [0, 0.1) is 5.41 Å². The summed E-state index contributed by atoms with van der Waals surface area (Å²) in [7, 11) is 1.80. The Kier molecular flexibility index (Phi) is 5.58. The van der Waals surface area contributed by atoms with Crippen LogP contribution < -0.4 is 15.5 Å². The highest BCUT2D eigenvalue weighted by atomic mass is 16.2. The third-order valence-electron chi connectivity index (χ3n) is 3.83. The Morgan fingerprint density at radius 2 is 2.00 bits per heavy atom. The molecule has 0 saturated carbocycles. The molecule has 0 aromatic carbocycles. The molecule has 1 fully saturated rings. The summed E-state index contributed by atoms with van der Waals surface area (Å²) in [6.07, 6.45) is 1.48. The number of rotatable bonds is 5. The minimum atomic E-state index is -0.393. The molecular formula is C16H26N6O2. The van der Waals surface area contributed by atoms with E-state index in [0.717, 1.165) is 12.4 Å². The number of anilines is 2. The Hall–Kier alpha value is -2.38. The molecule has 0 unspecified atom stereocenters. The van der Waals surface area contributed by atoms with Gasteiger partial charge >= 0.3 is 0 Å². The first-order valence-corrected chi connectivity index (χ1v) is 8.10. The molecule has 132 valence electrons. The van der Waals surface area contributed by atoms with Crippen LogP contribution in [-0.2, 0) is 9.59 Å². The summed E-state index contributed by atoms with van der Waals surface area (Å²) in [6.45, 7) is 8.49. The van der Waals surface area contributed by atoms with Gasteiger partial charge in [0.05, 0.1) is 6.54 Å². The second kappa shape index (κ2) is 7.46. The summed E-state index contributed by atoms with van der Waals surface area (Å²) >= 11 is 0. The summed E-state index contributed by atoms with van der Waals surface area (Å²) in [4.78, 5) is 35.7. The van der Waals surface area contributed by atoms with E-state index in [9.17, 15) is 9.59 Å². The van der Waals surface area contributed by atoms with Crippen LogP contribution in [0.5, 0.6) is 0 Å². The molecule has 8 heteroatoms. The van der Waals surface area contributed by atoms with Crippen molar-refractivity contribution in [1.29, 1.82) is 0 Å². The van der Waals surface area contributed by atoms with Crippen molar-refractivity contribution in [3.8, 4) is 0 Å². The molecule has 0 atom stereocenters. The van der Waals surface area contributed by atoms with Crippen LogP contribution in [-0.4, -0.2) is 66.5 Å². The Labute approximate surface area is 142 Å². The molecule has 0 bridgehead atoms. The zero-order valence-electron chi connectivity index (χ0n) is 14.8. The second-order valence-electron chi connectivity index (χ2n) is 6.93. The first kappa shape index (κ1) is 18.0. The van der Waals surface area contributed by atoms with Gasteiger partial charge in [0.2, 0.25) is 11.8 Å². The molecule has 0 aliphatic carbocycles. The quantitative estimate of drug-likeness (QED) is 0.754. The lowest BCUT2D eigenvalue weighted by atomic mass is 9.96. The Morgan fingerprint density at radius 1 is 1.25 bits per heavy atom. The van der Waals surface area contributed by atoms with Gasteiger partial charge in [0.25, 0.3) is 0 Å². The summed E-state index contributed by atoms with van der Waals surface area (Å²) in [6, 6.07) is 1.82. The van der Waals surface area contributed by atoms with Crippen molar-refractivity contribution >= 4 is 23.5 Å². The van der Waals surface area contributed by atoms with Crippen LogP contribution in [0.1, 0.15) is 20.8 Å². The van der Waals surface area contributed by atoms with Gasteiger partial charge in [-0.1, -0.05) is 20.8 Å². The average Bonchev–Trinajstić information content (AvgIpc) is 2.53. The summed E-state index contributed by atoms with van der Waals surface area (Å²) in [5, 5.41) is 6.04. The van der Waals surface area contributed by atoms with Gasteiger partial charge in [-0.2, -0.15) is 0 Å². The van der Waals surface area contributed by atoms with E-state index in [1.807, 2.05) is 31.7 Å². The minimum Gasteiger partial charge on any atom is -0.368 e. The molecule has 8 nitrogen and oxygen atoms in total. The van der Waals surface area contributed by atoms with Crippen LogP contribution in [0.4, 0.5) is 11.6 Å². The number of aromatic nitrogens is 2. The van der Waals surface area contributed by atoms with Gasteiger partial charge in [-0.25, -0.2) is 9.97 Å². The number of piperazine rings is 1. The fraction of sp³-hybridized carbons (Fsp3) is 0.625. The maximum Gasteiger partial charge on any atom is 0.241 e. The first-order valence-electron chi connectivity index (χ1n) is 8.10. The topological polar surface area (TPSA) is 90.5 Å². The molecule has 1 aromatic heterocycles. The predicted octanol–water partition coefficient (Wildman–Crippen LogP) is 0.329. The molecule has 2 N–H and O–H groups in total. The van der Waals surface area contributed by atoms with E-state index < -0.39 is 5.41 Å². The molecular weight excluding hydrogens is 308 g/mol. The zero-order valence-corrected chi connectivity index (χ0v) is 14.8. The Morgan fingerprint density at radius 3 is 2.67 bits per heavy atom. The first-order chi connectivity index (χ1) is 11.3. The monoisotopic (exact) mass is 334 g/mol.